The molecule has 1 aromatic carbocycles. The van der Waals surface area contributed by atoms with Crippen molar-refractivity contribution < 1.29 is 4.79 Å². The molecule has 0 aliphatic carbocycles. The van der Waals surface area contributed by atoms with Crippen LogP contribution in [-0.2, 0) is 6.42 Å². The summed E-state index contributed by atoms with van der Waals surface area (Å²) in [6.45, 7) is 14.2. The van der Waals surface area contributed by atoms with Crippen LogP contribution >= 0.6 is 0 Å². The molecule has 2 aromatic rings. The molecule has 0 spiro atoms. The number of aryl methyl sites for hydroxylation is 2. The van der Waals surface area contributed by atoms with Crippen LogP contribution in [0.3, 0.4) is 0 Å². The summed E-state index contributed by atoms with van der Waals surface area (Å²) in [4.78, 5) is 26.3. The lowest BCUT2D eigenvalue weighted by molar-refractivity contribution is 0.195. The van der Waals surface area contributed by atoms with E-state index in [1.807, 2.05) is 11.8 Å². The number of carbonyl (C=O) groups excluding carboxylic acids is 1. The molecule has 6 heteroatoms. The maximum absolute atomic E-state index is 12.2. The Balaban J connectivity index is 1.89. The van der Waals surface area contributed by atoms with Crippen LogP contribution in [0.2, 0.25) is 0 Å². The van der Waals surface area contributed by atoms with Crippen LogP contribution in [0.5, 0.6) is 0 Å². The van der Waals surface area contributed by atoms with E-state index in [0.717, 1.165) is 43.3 Å². The lowest BCUT2D eigenvalue weighted by Crippen LogP contribution is -2.52. The number of aromatic nitrogens is 2. The highest BCUT2D eigenvalue weighted by molar-refractivity contribution is 5.74. The zero-order valence-corrected chi connectivity index (χ0v) is 19.0. The molecule has 1 aliphatic rings. The lowest BCUT2D eigenvalue weighted by atomic mass is 10.0. The van der Waals surface area contributed by atoms with Crippen LogP contribution < -0.4 is 10.2 Å². The molecule has 1 fully saturated rings. The van der Waals surface area contributed by atoms with Crippen molar-refractivity contribution in [3.63, 3.8) is 0 Å². The van der Waals surface area contributed by atoms with Crippen molar-refractivity contribution in [3.05, 3.63) is 52.5 Å². The van der Waals surface area contributed by atoms with Gasteiger partial charge >= 0.3 is 6.03 Å². The fraction of sp³-hybridized carbons (Fsp3) is 0.542. The first-order valence-corrected chi connectivity index (χ1v) is 11.1. The average molecular weight is 410 g/mol. The van der Waals surface area contributed by atoms with Crippen LogP contribution in [0.15, 0.2) is 24.3 Å². The van der Waals surface area contributed by atoms with Gasteiger partial charge in [-0.25, -0.2) is 14.8 Å². The number of nitrogens with zero attached hydrogens (tertiary/aromatic N) is 4. The van der Waals surface area contributed by atoms with E-state index in [9.17, 15) is 4.79 Å². The predicted octanol–water partition coefficient (Wildman–Crippen LogP) is 4.05. The molecule has 1 aliphatic heterocycles. The summed E-state index contributed by atoms with van der Waals surface area (Å²) in [6.07, 6.45) is 1.83. The summed E-state index contributed by atoms with van der Waals surface area (Å²) in [7, 11) is 0. The first kappa shape index (κ1) is 22.1. The standard InChI is InChI=1S/C24H35N5O/c1-6-18(4)22-26-19(5)21(16-20-10-8-17(3)9-11-20)23(27-22)28-12-14-29(15-13-28)24(30)25-7-2/h8-11,18H,6-7,12-16H2,1-5H3,(H,25,30). The molecule has 1 unspecified atom stereocenters. The lowest BCUT2D eigenvalue weighted by Gasteiger charge is -2.36. The molecule has 2 heterocycles. The fourth-order valence-corrected chi connectivity index (χ4v) is 3.77. The third kappa shape index (κ3) is 5.10. The van der Waals surface area contributed by atoms with Gasteiger partial charge < -0.3 is 15.1 Å². The van der Waals surface area contributed by atoms with E-state index in [-0.39, 0.29) is 6.03 Å². The Hall–Kier alpha value is -2.63. The molecule has 0 bridgehead atoms. The number of amides is 2. The summed E-state index contributed by atoms with van der Waals surface area (Å²) >= 11 is 0. The van der Waals surface area contributed by atoms with Crippen molar-refractivity contribution in [2.75, 3.05) is 37.6 Å². The highest BCUT2D eigenvalue weighted by Crippen LogP contribution is 2.28. The van der Waals surface area contributed by atoms with E-state index < -0.39 is 0 Å². The summed E-state index contributed by atoms with van der Waals surface area (Å²) in [6, 6.07) is 8.71. The van der Waals surface area contributed by atoms with Gasteiger partial charge in [0.1, 0.15) is 11.6 Å². The van der Waals surface area contributed by atoms with Crippen LogP contribution in [-0.4, -0.2) is 53.6 Å². The fourth-order valence-electron chi connectivity index (χ4n) is 3.77. The second-order valence-electron chi connectivity index (χ2n) is 8.25. The second-order valence-corrected chi connectivity index (χ2v) is 8.25. The van der Waals surface area contributed by atoms with Gasteiger partial charge in [-0.05, 0) is 32.8 Å². The third-order valence-corrected chi connectivity index (χ3v) is 5.96. The molecule has 1 saturated heterocycles. The number of piperazine rings is 1. The predicted molar refractivity (Wildman–Crippen MR) is 122 cm³/mol. The first-order valence-electron chi connectivity index (χ1n) is 11.1. The molecule has 162 valence electrons. The Morgan fingerprint density at radius 1 is 1.07 bits per heavy atom. The Morgan fingerprint density at radius 3 is 2.33 bits per heavy atom. The minimum Gasteiger partial charge on any atom is -0.353 e. The number of urea groups is 1. The van der Waals surface area contributed by atoms with Crippen LogP contribution in [0.4, 0.5) is 10.6 Å². The van der Waals surface area contributed by atoms with Gasteiger partial charge in [-0.1, -0.05) is 43.7 Å². The van der Waals surface area contributed by atoms with E-state index >= 15 is 0 Å². The van der Waals surface area contributed by atoms with E-state index in [2.05, 4.69) is 62.2 Å². The zero-order chi connectivity index (χ0) is 21.7. The number of nitrogens with one attached hydrogen (secondary N) is 1. The van der Waals surface area contributed by atoms with Crippen LogP contribution in [0.25, 0.3) is 0 Å². The second kappa shape index (κ2) is 9.92. The van der Waals surface area contributed by atoms with Gasteiger partial charge in [-0.3, -0.25) is 0 Å². The first-order chi connectivity index (χ1) is 14.4. The number of carbonyl (C=O) groups is 1. The zero-order valence-electron chi connectivity index (χ0n) is 19.0. The number of benzene rings is 1. The largest absolute Gasteiger partial charge is 0.353 e. The molecule has 6 nitrogen and oxygen atoms in total. The number of hydrogen-bond donors (Lipinski definition) is 1. The van der Waals surface area contributed by atoms with E-state index in [4.69, 9.17) is 9.97 Å². The van der Waals surface area contributed by atoms with Gasteiger partial charge in [-0.2, -0.15) is 0 Å². The maximum Gasteiger partial charge on any atom is 0.317 e. The Bertz CT molecular complexity index is 857. The van der Waals surface area contributed by atoms with E-state index in [0.29, 0.717) is 25.6 Å². The summed E-state index contributed by atoms with van der Waals surface area (Å²) in [5, 5.41) is 2.90. The maximum atomic E-state index is 12.2. The molecule has 30 heavy (non-hydrogen) atoms. The van der Waals surface area contributed by atoms with Gasteiger partial charge in [0.05, 0.1) is 0 Å². The smallest absolute Gasteiger partial charge is 0.317 e. The minimum absolute atomic E-state index is 0.0243. The molecule has 0 saturated carbocycles. The molecule has 2 amide bonds. The topological polar surface area (TPSA) is 61.4 Å². The Labute approximate surface area is 180 Å². The van der Waals surface area contributed by atoms with Crippen molar-refractivity contribution in [1.82, 2.24) is 20.2 Å². The molecular formula is C24H35N5O. The molecule has 1 N–H and O–H groups in total. The third-order valence-electron chi connectivity index (χ3n) is 5.96. The molecule has 1 aromatic heterocycles. The highest BCUT2D eigenvalue weighted by Gasteiger charge is 2.25. The van der Waals surface area contributed by atoms with Crippen molar-refractivity contribution in [2.24, 2.45) is 0 Å². The Kier molecular flexibility index (Phi) is 7.29. The number of anilines is 1. The van der Waals surface area contributed by atoms with Crippen LogP contribution in [0, 0.1) is 13.8 Å². The monoisotopic (exact) mass is 409 g/mol. The molecule has 0 radical (unpaired) electrons. The van der Waals surface area contributed by atoms with Crippen molar-refractivity contribution in [3.8, 4) is 0 Å². The quantitative estimate of drug-likeness (QED) is 0.782. The molecule has 1 atom stereocenters. The highest BCUT2D eigenvalue weighted by atomic mass is 16.2. The minimum atomic E-state index is 0.0243. The molecule has 3 rings (SSSR count). The van der Waals surface area contributed by atoms with Gasteiger partial charge in [0.2, 0.25) is 0 Å². The number of hydrogen-bond acceptors (Lipinski definition) is 4. The van der Waals surface area contributed by atoms with E-state index in [1.54, 1.807) is 0 Å². The van der Waals surface area contributed by atoms with Gasteiger partial charge in [0.15, 0.2) is 0 Å². The summed E-state index contributed by atoms with van der Waals surface area (Å²) < 4.78 is 0. The number of rotatable bonds is 6. The normalized spacial score (nSPS) is 15.2. The van der Waals surface area contributed by atoms with Crippen molar-refractivity contribution in [1.29, 1.82) is 0 Å². The van der Waals surface area contributed by atoms with Crippen LogP contribution in [0.1, 0.15) is 61.3 Å². The molecular weight excluding hydrogens is 374 g/mol. The van der Waals surface area contributed by atoms with E-state index in [1.165, 1.54) is 16.7 Å². The van der Waals surface area contributed by atoms with Gasteiger partial charge in [0.25, 0.3) is 0 Å². The van der Waals surface area contributed by atoms with Gasteiger partial charge in [-0.15, -0.1) is 0 Å². The SMILES string of the molecule is CCNC(=O)N1CCN(c2nc(C(C)CC)nc(C)c2Cc2ccc(C)cc2)CC1. The van der Waals surface area contributed by atoms with Gasteiger partial charge in [0, 0.05) is 56.3 Å². The van der Waals surface area contributed by atoms with Crippen molar-refractivity contribution in [2.45, 2.75) is 53.4 Å². The summed E-state index contributed by atoms with van der Waals surface area (Å²) in [5.41, 5.74) is 4.78. The summed E-state index contributed by atoms with van der Waals surface area (Å²) in [5.74, 6) is 2.28. The van der Waals surface area contributed by atoms with Crippen molar-refractivity contribution >= 4 is 11.8 Å². The average Bonchev–Trinajstić information content (AvgIpc) is 2.76. The Morgan fingerprint density at radius 2 is 1.73 bits per heavy atom.